The number of rotatable bonds is 2. The number of aryl methyl sites for hydroxylation is 2. The van der Waals surface area contributed by atoms with E-state index in [1.165, 1.54) is 11.1 Å². The van der Waals surface area contributed by atoms with E-state index in [1.54, 1.807) is 0 Å². The Morgan fingerprint density at radius 3 is 1.95 bits per heavy atom. The van der Waals surface area contributed by atoms with Crippen molar-refractivity contribution in [3.05, 3.63) is 33.9 Å². The maximum atomic E-state index is 12.8. The predicted octanol–water partition coefficient (Wildman–Crippen LogP) is 3.62. The summed E-state index contributed by atoms with van der Waals surface area (Å²) < 4.78 is 0. The number of ketones is 1. The Morgan fingerprint density at radius 2 is 1.47 bits per heavy atom. The molecule has 2 nitrogen and oxygen atoms in total. The molecule has 1 aromatic rings. The number of carbonyl (C=O) groups excluding carboxylic acids is 1. The summed E-state index contributed by atoms with van der Waals surface area (Å²) in [5, 5.41) is 0. The van der Waals surface area contributed by atoms with Crippen molar-refractivity contribution < 1.29 is 4.79 Å². The first-order valence-electron chi connectivity index (χ1n) is 7.29. The van der Waals surface area contributed by atoms with E-state index in [0.717, 1.165) is 42.4 Å². The van der Waals surface area contributed by atoms with Gasteiger partial charge in [-0.05, 0) is 75.6 Å². The van der Waals surface area contributed by atoms with E-state index in [1.807, 2.05) is 0 Å². The predicted molar refractivity (Wildman–Crippen MR) is 79.7 cm³/mol. The molecule has 0 radical (unpaired) electrons. The number of carbonyl (C=O) groups is 1. The minimum Gasteiger partial charge on any atom is -0.328 e. The van der Waals surface area contributed by atoms with Crippen molar-refractivity contribution in [3.8, 4) is 0 Å². The van der Waals surface area contributed by atoms with E-state index in [9.17, 15) is 4.79 Å². The first kappa shape index (κ1) is 14.3. The Balaban J connectivity index is 2.34. The zero-order valence-corrected chi connectivity index (χ0v) is 12.5. The summed E-state index contributed by atoms with van der Waals surface area (Å²) in [7, 11) is 0. The van der Waals surface area contributed by atoms with Crippen LogP contribution >= 0.6 is 0 Å². The molecule has 0 aliphatic heterocycles. The van der Waals surface area contributed by atoms with Gasteiger partial charge in [0.25, 0.3) is 0 Å². The summed E-state index contributed by atoms with van der Waals surface area (Å²) in [4.78, 5) is 12.8. The molecule has 0 unspecified atom stereocenters. The maximum Gasteiger partial charge on any atom is 0.166 e. The molecule has 0 amide bonds. The van der Waals surface area contributed by atoms with Gasteiger partial charge in [0.1, 0.15) is 0 Å². The smallest absolute Gasteiger partial charge is 0.166 e. The van der Waals surface area contributed by atoms with Crippen LogP contribution in [0.1, 0.15) is 58.3 Å². The summed E-state index contributed by atoms with van der Waals surface area (Å²) >= 11 is 0. The third kappa shape index (κ3) is 2.74. The van der Waals surface area contributed by atoms with Crippen molar-refractivity contribution in [2.75, 3.05) is 0 Å². The quantitative estimate of drug-likeness (QED) is 0.824. The summed E-state index contributed by atoms with van der Waals surface area (Å²) in [5.74, 6) is 0.520. The molecule has 1 saturated carbocycles. The van der Waals surface area contributed by atoms with Gasteiger partial charge in [-0.2, -0.15) is 0 Å². The Bertz CT molecular complexity index is 470. The van der Waals surface area contributed by atoms with Crippen molar-refractivity contribution in [1.29, 1.82) is 0 Å². The summed E-state index contributed by atoms with van der Waals surface area (Å²) in [6.07, 6.45) is 3.87. The monoisotopic (exact) mass is 259 g/mol. The van der Waals surface area contributed by atoms with E-state index in [-0.39, 0.29) is 5.92 Å². The lowest BCUT2D eigenvalue weighted by atomic mass is 9.79. The van der Waals surface area contributed by atoms with Crippen LogP contribution in [0.15, 0.2) is 6.07 Å². The Labute approximate surface area is 116 Å². The Hall–Kier alpha value is -1.15. The van der Waals surface area contributed by atoms with E-state index in [4.69, 9.17) is 5.73 Å². The average molecular weight is 259 g/mol. The fraction of sp³-hybridized carbons (Fsp3) is 0.588. The molecular formula is C17H25NO. The second-order valence-electron chi connectivity index (χ2n) is 6.11. The lowest BCUT2D eigenvalue weighted by Crippen LogP contribution is -2.30. The van der Waals surface area contributed by atoms with Crippen LogP contribution < -0.4 is 5.73 Å². The van der Waals surface area contributed by atoms with Crippen molar-refractivity contribution in [2.24, 2.45) is 11.7 Å². The number of benzene rings is 1. The highest BCUT2D eigenvalue weighted by Crippen LogP contribution is 2.30. The van der Waals surface area contributed by atoms with Crippen LogP contribution in [-0.2, 0) is 0 Å². The van der Waals surface area contributed by atoms with Crippen LogP contribution in [0.3, 0.4) is 0 Å². The third-order valence-electron chi connectivity index (χ3n) is 4.76. The van der Waals surface area contributed by atoms with Gasteiger partial charge in [0.15, 0.2) is 5.78 Å². The number of hydrogen-bond donors (Lipinski definition) is 1. The normalized spacial score (nSPS) is 23.4. The molecule has 0 saturated heterocycles. The van der Waals surface area contributed by atoms with Gasteiger partial charge < -0.3 is 5.73 Å². The lowest BCUT2D eigenvalue weighted by Gasteiger charge is -2.26. The molecule has 1 fully saturated rings. The number of hydrogen-bond acceptors (Lipinski definition) is 2. The van der Waals surface area contributed by atoms with Gasteiger partial charge in [0.2, 0.25) is 0 Å². The zero-order valence-electron chi connectivity index (χ0n) is 12.5. The van der Waals surface area contributed by atoms with Crippen molar-refractivity contribution in [1.82, 2.24) is 0 Å². The van der Waals surface area contributed by atoms with Gasteiger partial charge in [-0.15, -0.1) is 0 Å². The Morgan fingerprint density at radius 1 is 1.00 bits per heavy atom. The molecule has 1 aliphatic carbocycles. The van der Waals surface area contributed by atoms with E-state index < -0.39 is 0 Å². The minimum absolute atomic E-state index is 0.179. The summed E-state index contributed by atoms with van der Waals surface area (Å²) in [6.45, 7) is 8.33. The van der Waals surface area contributed by atoms with E-state index in [2.05, 4.69) is 33.8 Å². The van der Waals surface area contributed by atoms with Crippen LogP contribution in [0, 0.1) is 33.6 Å². The highest BCUT2D eigenvalue weighted by Gasteiger charge is 2.27. The van der Waals surface area contributed by atoms with E-state index >= 15 is 0 Å². The molecule has 0 spiro atoms. The Kier molecular flexibility index (Phi) is 4.10. The van der Waals surface area contributed by atoms with Crippen molar-refractivity contribution >= 4 is 5.78 Å². The first-order chi connectivity index (χ1) is 8.91. The average Bonchev–Trinajstić information content (AvgIpc) is 2.37. The lowest BCUT2D eigenvalue weighted by molar-refractivity contribution is 0.0883. The molecule has 1 aromatic carbocycles. The second-order valence-corrected chi connectivity index (χ2v) is 6.11. The standard InChI is InChI=1S/C17H25NO/c1-10-9-11(2)13(4)16(12(10)3)17(19)14-5-7-15(18)8-6-14/h9,14-15H,5-8,18H2,1-4H3. The van der Waals surface area contributed by atoms with Crippen LogP contribution in [0.25, 0.3) is 0 Å². The molecule has 1 aliphatic rings. The summed E-state index contributed by atoms with van der Waals surface area (Å²) in [5.41, 5.74) is 11.7. The van der Waals surface area contributed by atoms with Gasteiger partial charge in [0, 0.05) is 17.5 Å². The highest BCUT2D eigenvalue weighted by molar-refractivity contribution is 6.01. The molecular weight excluding hydrogens is 234 g/mol. The molecule has 104 valence electrons. The van der Waals surface area contributed by atoms with Gasteiger partial charge in [-0.3, -0.25) is 4.79 Å². The maximum absolute atomic E-state index is 12.8. The van der Waals surface area contributed by atoms with Crippen LogP contribution in [0.5, 0.6) is 0 Å². The third-order valence-corrected chi connectivity index (χ3v) is 4.76. The SMILES string of the molecule is Cc1cc(C)c(C)c(C(=O)C2CCC(N)CC2)c1C. The molecule has 2 heteroatoms. The first-order valence-corrected chi connectivity index (χ1v) is 7.29. The van der Waals surface area contributed by atoms with Gasteiger partial charge in [-0.1, -0.05) is 6.07 Å². The molecule has 2 N–H and O–H groups in total. The highest BCUT2D eigenvalue weighted by atomic mass is 16.1. The fourth-order valence-electron chi connectivity index (χ4n) is 3.17. The van der Waals surface area contributed by atoms with Gasteiger partial charge in [-0.25, -0.2) is 0 Å². The number of nitrogens with two attached hydrogens (primary N) is 1. The largest absolute Gasteiger partial charge is 0.328 e. The fourth-order valence-corrected chi connectivity index (χ4v) is 3.17. The van der Waals surface area contributed by atoms with E-state index in [0.29, 0.717) is 11.8 Å². The molecule has 0 atom stereocenters. The minimum atomic E-state index is 0.179. The topological polar surface area (TPSA) is 43.1 Å². The molecule has 2 rings (SSSR count). The zero-order chi connectivity index (χ0) is 14.2. The van der Waals surface area contributed by atoms with Crippen molar-refractivity contribution in [2.45, 2.75) is 59.4 Å². The second kappa shape index (κ2) is 5.46. The van der Waals surface area contributed by atoms with Crippen molar-refractivity contribution in [3.63, 3.8) is 0 Å². The molecule has 0 bridgehead atoms. The van der Waals surface area contributed by atoms with Gasteiger partial charge >= 0.3 is 0 Å². The van der Waals surface area contributed by atoms with Crippen LogP contribution in [0.2, 0.25) is 0 Å². The summed E-state index contributed by atoms with van der Waals surface area (Å²) in [6, 6.07) is 2.48. The molecule has 0 aromatic heterocycles. The number of Topliss-reactive ketones (excluding diaryl/α,β-unsaturated/α-hetero) is 1. The van der Waals surface area contributed by atoms with Crippen LogP contribution in [0.4, 0.5) is 0 Å². The van der Waals surface area contributed by atoms with Gasteiger partial charge in [0.05, 0.1) is 0 Å². The molecule has 19 heavy (non-hydrogen) atoms. The van der Waals surface area contributed by atoms with Crippen LogP contribution in [-0.4, -0.2) is 11.8 Å². The molecule has 0 heterocycles.